The van der Waals surface area contributed by atoms with Crippen LogP contribution in [0.3, 0.4) is 0 Å². The summed E-state index contributed by atoms with van der Waals surface area (Å²) in [7, 11) is 1.05. The summed E-state index contributed by atoms with van der Waals surface area (Å²) >= 11 is 0. The summed E-state index contributed by atoms with van der Waals surface area (Å²) in [5, 5.41) is 19.0. The number of aliphatic hydroxyl groups is 1. The molecule has 4 aromatic carbocycles. The van der Waals surface area contributed by atoms with Gasteiger partial charge in [0.25, 0.3) is 5.88 Å². The van der Waals surface area contributed by atoms with Crippen molar-refractivity contribution in [3.8, 4) is 17.0 Å². The van der Waals surface area contributed by atoms with Crippen LogP contribution >= 0.6 is 0 Å². The fraction of sp³-hybridized carbons (Fsp3) is 0.356. The summed E-state index contributed by atoms with van der Waals surface area (Å²) in [6.45, 7) is 12.6. The minimum Gasteiger partial charge on any atom is -0.508 e. The lowest BCUT2D eigenvalue weighted by molar-refractivity contribution is -0.0480. The van der Waals surface area contributed by atoms with Gasteiger partial charge in [-0.2, -0.15) is 0 Å². The number of carbonyl (C=O) groups excluding carboxylic acids is 2. The summed E-state index contributed by atoms with van der Waals surface area (Å²) in [5.41, 5.74) is 4.06. The zero-order valence-electron chi connectivity index (χ0n) is 32.3. The highest BCUT2D eigenvalue weighted by Gasteiger charge is 2.67. The zero-order chi connectivity index (χ0) is 38.3. The first-order chi connectivity index (χ1) is 25.6. The van der Waals surface area contributed by atoms with E-state index in [4.69, 9.17) is 13.7 Å². The van der Waals surface area contributed by atoms with Crippen LogP contribution in [-0.2, 0) is 17.5 Å². The molecule has 8 rings (SSSR count). The highest BCUT2D eigenvalue weighted by atomic mass is 28.4. The molecule has 5 aromatic rings. The van der Waals surface area contributed by atoms with Crippen LogP contribution < -0.4 is 4.74 Å². The van der Waals surface area contributed by atoms with E-state index < -0.39 is 31.7 Å². The van der Waals surface area contributed by atoms with E-state index in [1.165, 1.54) is 0 Å². The van der Waals surface area contributed by atoms with Crippen LogP contribution in [0.2, 0.25) is 18.1 Å². The molecule has 0 radical (unpaired) electrons. The number of rotatable bonds is 7. The minimum atomic E-state index is -2.82. The van der Waals surface area contributed by atoms with Crippen LogP contribution in [0.4, 0.5) is 0 Å². The Labute approximate surface area is 317 Å². The third kappa shape index (κ3) is 5.50. The van der Waals surface area contributed by atoms with Gasteiger partial charge in [0.05, 0.1) is 6.04 Å². The Bertz CT molecular complexity index is 2340. The van der Waals surface area contributed by atoms with Crippen molar-refractivity contribution < 1.29 is 28.4 Å². The monoisotopic (exact) mass is 740 g/mol. The predicted octanol–water partition coefficient (Wildman–Crippen LogP) is 9.83. The molecule has 0 bridgehead atoms. The number of benzene rings is 4. The fourth-order valence-corrected chi connectivity index (χ4v) is 10.3. The predicted molar refractivity (Wildman–Crippen MR) is 212 cm³/mol. The van der Waals surface area contributed by atoms with Crippen molar-refractivity contribution >= 4 is 30.7 Å². The number of Topliss-reactive ketones (excluding diaryl/α,β-unsaturated/α-hetero) is 2. The smallest absolute Gasteiger partial charge is 0.265 e. The number of aryl methyl sites for hydroxylation is 1. The number of hydrogen-bond donors (Lipinski definition) is 1. The van der Waals surface area contributed by atoms with Crippen molar-refractivity contribution in [2.45, 2.75) is 76.9 Å². The highest BCUT2D eigenvalue weighted by Crippen LogP contribution is 2.59. The molecule has 0 spiro atoms. The van der Waals surface area contributed by atoms with Crippen LogP contribution in [0.15, 0.2) is 101 Å². The number of ketones is 2. The summed E-state index contributed by atoms with van der Waals surface area (Å²) in [6.07, 6.45) is 0.978. The maximum Gasteiger partial charge on any atom is 0.265 e. The van der Waals surface area contributed by atoms with Crippen LogP contribution in [0.25, 0.3) is 21.9 Å². The Balaban J connectivity index is 1.31. The van der Waals surface area contributed by atoms with Gasteiger partial charge in [0, 0.05) is 17.1 Å². The van der Waals surface area contributed by atoms with Gasteiger partial charge >= 0.3 is 0 Å². The normalized spacial score (nSPS) is 22.6. The first-order valence-electron chi connectivity index (χ1n) is 18.8. The summed E-state index contributed by atoms with van der Waals surface area (Å²) < 4.78 is 19.5. The maximum absolute atomic E-state index is 15.5. The summed E-state index contributed by atoms with van der Waals surface area (Å²) in [6, 6.07) is 27.9. The van der Waals surface area contributed by atoms with E-state index in [1.54, 1.807) is 0 Å². The third-order valence-corrected chi connectivity index (χ3v) is 16.9. The first-order valence-corrected chi connectivity index (χ1v) is 21.7. The lowest BCUT2D eigenvalue weighted by Crippen LogP contribution is -2.65. The largest absolute Gasteiger partial charge is 0.508 e. The van der Waals surface area contributed by atoms with Crippen LogP contribution in [-0.4, -0.2) is 54.7 Å². The van der Waals surface area contributed by atoms with E-state index in [9.17, 15) is 5.11 Å². The number of fused-ring (bicyclic) bond motifs is 5. The molecule has 0 unspecified atom stereocenters. The number of aliphatic hydroxyl groups excluding tert-OH is 1. The van der Waals surface area contributed by atoms with E-state index in [-0.39, 0.29) is 46.1 Å². The molecule has 1 aromatic heterocycles. The lowest BCUT2D eigenvalue weighted by Gasteiger charge is -2.55. The molecule has 0 aliphatic heterocycles. The van der Waals surface area contributed by atoms with Gasteiger partial charge in [-0.3, -0.25) is 14.5 Å². The topological polar surface area (TPSA) is 102 Å². The molecule has 0 amide bonds. The van der Waals surface area contributed by atoms with E-state index in [2.05, 4.69) is 75.4 Å². The van der Waals surface area contributed by atoms with Gasteiger partial charge in [0.15, 0.2) is 25.5 Å². The number of nitrogens with zero attached hydrogens (tertiary/aromatic N) is 2. The number of allylic oxidation sites excluding steroid dienone is 1. The highest BCUT2D eigenvalue weighted by molar-refractivity contribution is 6.74. The van der Waals surface area contributed by atoms with Gasteiger partial charge in [-0.15, -0.1) is 0 Å². The Hall–Kier alpha value is -4.83. The molecule has 0 saturated heterocycles. The van der Waals surface area contributed by atoms with Crippen molar-refractivity contribution in [1.29, 1.82) is 0 Å². The van der Waals surface area contributed by atoms with E-state index in [1.807, 2.05) is 74.4 Å². The number of hydrogen-bond acceptors (Lipinski definition) is 8. The van der Waals surface area contributed by atoms with Gasteiger partial charge < -0.3 is 18.8 Å². The Morgan fingerprint density at radius 1 is 0.944 bits per heavy atom. The van der Waals surface area contributed by atoms with Gasteiger partial charge in [-0.25, -0.2) is 0 Å². The van der Waals surface area contributed by atoms with Crippen LogP contribution in [0.5, 0.6) is 5.88 Å². The second-order valence-electron chi connectivity index (χ2n) is 17.0. The molecule has 0 saturated carbocycles. The summed E-state index contributed by atoms with van der Waals surface area (Å²) in [5.74, 6) is -1.46. The van der Waals surface area contributed by atoms with Crippen LogP contribution in [0.1, 0.15) is 76.4 Å². The first kappa shape index (κ1) is 36.2. The SMILES string of the molecule is Cc1c2c(cc3ccc(-c4ccccc4)cc13)C[C@H]1C[C@H]3[C@H](N(C)C)c4onc(OCc5ccccc5)c4C(=O)[C@@]3(O[Si](C)(C)C(C)(C)C)C(O)=C1C2=O. The Morgan fingerprint density at radius 2 is 1.63 bits per heavy atom. The minimum absolute atomic E-state index is 0.0548. The van der Waals surface area contributed by atoms with E-state index >= 15 is 9.59 Å². The molecular formula is C45H48N2O6Si. The molecule has 9 heteroatoms. The Kier molecular flexibility index (Phi) is 8.63. The zero-order valence-corrected chi connectivity index (χ0v) is 33.3. The van der Waals surface area contributed by atoms with Gasteiger partial charge in [0.2, 0.25) is 5.78 Å². The average molecular weight is 741 g/mol. The van der Waals surface area contributed by atoms with Gasteiger partial charge in [-0.05, 0) is 108 Å². The average Bonchev–Trinajstić information content (AvgIpc) is 3.55. The fourth-order valence-electron chi connectivity index (χ4n) is 8.81. The number of carbonyl (C=O) groups is 2. The van der Waals surface area contributed by atoms with E-state index in [0.717, 1.165) is 38.6 Å². The molecule has 8 nitrogen and oxygen atoms in total. The van der Waals surface area contributed by atoms with Crippen molar-refractivity contribution in [2.75, 3.05) is 14.1 Å². The molecular weight excluding hydrogens is 693 g/mol. The van der Waals surface area contributed by atoms with E-state index in [0.29, 0.717) is 24.2 Å². The third-order valence-electron chi connectivity index (χ3n) is 12.5. The molecule has 0 fully saturated rings. The van der Waals surface area contributed by atoms with Gasteiger partial charge in [-0.1, -0.05) is 99.6 Å². The molecule has 1 N–H and O–H groups in total. The van der Waals surface area contributed by atoms with Crippen molar-refractivity contribution in [1.82, 2.24) is 10.1 Å². The number of ether oxygens (including phenoxy) is 1. The lowest BCUT2D eigenvalue weighted by atomic mass is 9.58. The molecule has 3 aliphatic rings. The molecule has 278 valence electrons. The quantitative estimate of drug-likeness (QED) is 0.165. The van der Waals surface area contributed by atoms with Crippen molar-refractivity contribution in [2.24, 2.45) is 11.8 Å². The number of aromatic nitrogens is 1. The molecule has 4 atom stereocenters. The maximum atomic E-state index is 15.5. The van der Waals surface area contributed by atoms with Crippen LogP contribution in [0, 0.1) is 18.8 Å². The summed E-state index contributed by atoms with van der Waals surface area (Å²) in [4.78, 5) is 32.6. The van der Waals surface area contributed by atoms with Crippen molar-refractivity contribution in [3.63, 3.8) is 0 Å². The van der Waals surface area contributed by atoms with Crippen molar-refractivity contribution in [3.05, 3.63) is 130 Å². The molecule has 54 heavy (non-hydrogen) atoms. The second kappa shape index (κ2) is 12.9. The molecule has 3 aliphatic carbocycles. The Morgan fingerprint density at radius 3 is 2.30 bits per heavy atom. The van der Waals surface area contributed by atoms with Gasteiger partial charge in [0.1, 0.15) is 17.9 Å². The standard InChI is InChI=1S/C45H48N2O6Si/c1-26-33-23-29(28-17-13-10-14-18-28)19-20-30(33)21-31-22-32-24-34-38(47(5)6)40-37(43(46-52-40)51-25-27-15-11-9-12-16-27)42(50)45(34,53-54(7,8)44(2,3)4)41(49)36(32)39(48)35(26)31/h9-21,23,32,34,38,49H,22,24-25H2,1-8H3/t32-,34-,38-,45-/m0/s1. The molecule has 1 heterocycles. The second-order valence-corrected chi connectivity index (χ2v) is 21.7.